The molecular formula is C16H22FNO3S. The Morgan fingerprint density at radius 2 is 2.09 bits per heavy atom. The summed E-state index contributed by atoms with van der Waals surface area (Å²) in [5.41, 5.74) is 0.617. The fraction of sp³-hybridized carbons (Fsp3) is 0.562. The molecule has 1 saturated heterocycles. The number of nitrogens with one attached hydrogen (secondary N) is 1. The highest BCUT2D eigenvalue weighted by molar-refractivity contribution is 7.85. The lowest BCUT2D eigenvalue weighted by atomic mass is 9.93. The number of halogens is 1. The molecule has 0 aromatic heterocycles. The van der Waals surface area contributed by atoms with Gasteiger partial charge in [-0.3, -0.25) is 4.21 Å². The average Bonchev–Trinajstić information content (AvgIpc) is 2.46. The summed E-state index contributed by atoms with van der Waals surface area (Å²) in [4.78, 5) is 11.6. The van der Waals surface area contributed by atoms with E-state index in [9.17, 15) is 13.4 Å². The molecule has 1 aromatic rings. The molecule has 0 spiro atoms. The van der Waals surface area contributed by atoms with Crippen molar-refractivity contribution >= 4 is 16.9 Å². The molecule has 0 saturated carbocycles. The average molecular weight is 327 g/mol. The van der Waals surface area contributed by atoms with Gasteiger partial charge in [-0.1, -0.05) is 19.9 Å². The van der Waals surface area contributed by atoms with E-state index in [0.717, 1.165) is 12.8 Å². The summed E-state index contributed by atoms with van der Waals surface area (Å²) in [7, 11) is -0.760. The van der Waals surface area contributed by atoms with Crippen LogP contribution >= 0.6 is 0 Å². The lowest BCUT2D eigenvalue weighted by Crippen LogP contribution is -2.30. The van der Waals surface area contributed by atoms with Gasteiger partial charge < -0.3 is 10.1 Å². The molecule has 2 rings (SSSR count). The minimum atomic E-state index is -0.760. The van der Waals surface area contributed by atoms with Crippen LogP contribution in [-0.4, -0.2) is 28.4 Å². The van der Waals surface area contributed by atoms with Crippen LogP contribution in [0.4, 0.5) is 9.18 Å². The van der Waals surface area contributed by atoms with E-state index in [0.29, 0.717) is 29.5 Å². The molecule has 4 nitrogen and oxygen atoms in total. The first-order valence-electron chi connectivity index (χ1n) is 7.56. The molecule has 0 unspecified atom stereocenters. The summed E-state index contributed by atoms with van der Waals surface area (Å²) >= 11 is 0. The number of benzene rings is 1. The van der Waals surface area contributed by atoms with Crippen molar-refractivity contribution in [2.24, 2.45) is 5.92 Å². The van der Waals surface area contributed by atoms with Crippen LogP contribution in [-0.2, 0) is 10.8 Å². The van der Waals surface area contributed by atoms with Crippen LogP contribution in [0.5, 0.6) is 5.75 Å². The van der Waals surface area contributed by atoms with E-state index in [2.05, 4.69) is 5.32 Å². The predicted molar refractivity (Wildman–Crippen MR) is 85.1 cm³/mol. The third-order valence-corrected chi connectivity index (χ3v) is 5.05. The molecule has 1 aliphatic rings. The van der Waals surface area contributed by atoms with E-state index in [1.807, 2.05) is 13.8 Å². The maximum absolute atomic E-state index is 14.2. The van der Waals surface area contributed by atoms with Gasteiger partial charge in [0.25, 0.3) is 0 Å². The van der Waals surface area contributed by atoms with E-state index >= 15 is 0 Å². The second-order valence-corrected chi connectivity index (χ2v) is 7.67. The SMILES string of the molecule is CC(C)CNC(=O)Oc1ccc(C2CCS(=O)CC2)c(F)c1. The topological polar surface area (TPSA) is 55.4 Å². The smallest absolute Gasteiger partial charge is 0.410 e. The zero-order valence-corrected chi connectivity index (χ0v) is 13.7. The molecule has 1 N–H and O–H groups in total. The Hall–Kier alpha value is -1.43. The molecule has 6 heteroatoms. The second kappa shape index (κ2) is 7.72. The van der Waals surface area contributed by atoms with Crippen LogP contribution in [0.3, 0.4) is 0 Å². The van der Waals surface area contributed by atoms with Crippen molar-refractivity contribution in [2.75, 3.05) is 18.1 Å². The Morgan fingerprint density at radius 1 is 1.41 bits per heavy atom. The quantitative estimate of drug-likeness (QED) is 0.924. The number of carbonyl (C=O) groups is 1. The summed E-state index contributed by atoms with van der Waals surface area (Å²) in [5.74, 6) is 1.50. The van der Waals surface area contributed by atoms with Gasteiger partial charge in [-0.2, -0.15) is 0 Å². The Kier molecular flexibility index (Phi) is 5.94. The molecule has 1 amide bonds. The van der Waals surface area contributed by atoms with E-state index < -0.39 is 16.9 Å². The van der Waals surface area contributed by atoms with Gasteiger partial charge in [-0.25, -0.2) is 9.18 Å². The van der Waals surface area contributed by atoms with Crippen LogP contribution < -0.4 is 10.1 Å². The Bertz CT molecular complexity index is 552. The summed E-state index contributed by atoms with van der Waals surface area (Å²) in [5, 5.41) is 2.62. The first-order valence-corrected chi connectivity index (χ1v) is 9.04. The van der Waals surface area contributed by atoms with Crippen molar-refractivity contribution < 1.29 is 18.1 Å². The van der Waals surface area contributed by atoms with Crippen molar-refractivity contribution in [3.8, 4) is 5.75 Å². The van der Waals surface area contributed by atoms with Gasteiger partial charge in [-0.15, -0.1) is 0 Å². The number of amides is 1. The maximum Gasteiger partial charge on any atom is 0.412 e. The number of hydrogen-bond donors (Lipinski definition) is 1. The van der Waals surface area contributed by atoms with E-state index in [1.165, 1.54) is 6.07 Å². The Labute approximate surface area is 132 Å². The zero-order chi connectivity index (χ0) is 16.1. The van der Waals surface area contributed by atoms with Gasteiger partial charge in [0.1, 0.15) is 11.6 Å². The monoisotopic (exact) mass is 327 g/mol. The van der Waals surface area contributed by atoms with Crippen molar-refractivity contribution in [3.05, 3.63) is 29.6 Å². The minimum Gasteiger partial charge on any atom is -0.410 e. The van der Waals surface area contributed by atoms with Crippen molar-refractivity contribution in [3.63, 3.8) is 0 Å². The van der Waals surface area contributed by atoms with Gasteiger partial charge >= 0.3 is 6.09 Å². The molecule has 1 aliphatic heterocycles. The van der Waals surface area contributed by atoms with Crippen LogP contribution in [0.15, 0.2) is 18.2 Å². The van der Waals surface area contributed by atoms with Gasteiger partial charge in [0, 0.05) is 34.9 Å². The fourth-order valence-electron chi connectivity index (χ4n) is 2.44. The highest BCUT2D eigenvalue weighted by Crippen LogP contribution is 2.31. The third kappa shape index (κ3) is 4.80. The van der Waals surface area contributed by atoms with Crippen LogP contribution in [0.2, 0.25) is 0 Å². The summed E-state index contributed by atoms with van der Waals surface area (Å²) in [6.45, 7) is 4.47. The highest BCUT2D eigenvalue weighted by atomic mass is 32.2. The van der Waals surface area contributed by atoms with Gasteiger partial charge in [0.05, 0.1) is 0 Å². The molecule has 0 bridgehead atoms. The number of hydrogen-bond acceptors (Lipinski definition) is 3. The number of carbonyl (C=O) groups excluding carboxylic acids is 1. The molecule has 122 valence electrons. The first kappa shape index (κ1) is 16.9. The summed E-state index contributed by atoms with van der Waals surface area (Å²) in [6.07, 6.45) is 0.894. The number of ether oxygens (including phenoxy) is 1. The Morgan fingerprint density at radius 3 is 2.68 bits per heavy atom. The number of rotatable bonds is 4. The normalized spacial score (nSPS) is 21.6. The van der Waals surface area contributed by atoms with Gasteiger partial charge in [0.15, 0.2) is 0 Å². The van der Waals surface area contributed by atoms with Crippen LogP contribution in [0.1, 0.15) is 38.2 Å². The molecule has 0 radical (unpaired) electrons. The molecule has 1 heterocycles. The lowest BCUT2D eigenvalue weighted by molar-refractivity contribution is 0.199. The van der Waals surface area contributed by atoms with Crippen LogP contribution in [0.25, 0.3) is 0 Å². The third-order valence-electron chi connectivity index (χ3n) is 3.66. The fourth-order valence-corrected chi connectivity index (χ4v) is 3.74. The van der Waals surface area contributed by atoms with E-state index in [-0.39, 0.29) is 17.5 Å². The minimum absolute atomic E-state index is 0.0986. The molecule has 1 aromatic carbocycles. The first-order chi connectivity index (χ1) is 10.5. The molecular weight excluding hydrogens is 305 g/mol. The van der Waals surface area contributed by atoms with E-state index in [1.54, 1.807) is 12.1 Å². The van der Waals surface area contributed by atoms with Gasteiger partial charge in [0.2, 0.25) is 0 Å². The second-order valence-electron chi connectivity index (χ2n) is 5.97. The predicted octanol–water partition coefficient (Wildman–Crippen LogP) is 3.20. The van der Waals surface area contributed by atoms with E-state index in [4.69, 9.17) is 4.74 Å². The zero-order valence-electron chi connectivity index (χ0n) is 12.9. The Balaban J connectivity index is 1.97. The van der Waals surface area contributed by atoms with Crippen molar-refractivity contribution in [2.45, 2.75) is 32.6 Å². The lowest BCUT2D eigenvalue weighted by Gasteiger charge is -2.22. The molecule has 0 atom stereocenters. The highest BCUT2D eigenvalue weighted by Gasteiger charge is 2.22. The summed E-state index contributed by atoms with van der Waals surface area (Å²) in [6, 6.07) is 4.52. The van der Waals surface area contributed by atoms with Crippen molar-refractivity contribution in [1.82, 2.24) is 5.32 Å². The molecule has 22 heavy (non-hydrogen) atoms. The van der Waals surface area contributed by atoms with Crippen molar-refractivity contribution in [1.29, 1.82) is 0 Å². The largest absolute Gasteiger partial charge is 0.412 e. The standard InChI is InChI=1S/C16H22FNO3S/c1-11(2)10-18-16(19)21-13-3-4-14(15(17)9-13)12-5-7-22(20)8-6-12/h3-4,9,11-12H,5-8,10H2,1-2H3,(H,18,19). The van der Waals surface area contributed by atoms with Crippen LogP contribution in [0, 0.1) is 11.7 Å². The summed E-state index contributed by atoms with van der Waals surface area (Å²) < 4.78 is 30.6. The maximum atomic E-state index is 14.2. The molecule has 0 aliphatic carbocycles. The molecule has 1 fully saturated rings. The van der Waals surface area contributed by atoms with Gasteiger partial charge in [-0.05, 0) is 36.3 Å².